The molecule has 0 spiro atoms. The Labute approximate surface area is 166 Å². The predicted molar refractivity (Wildman–Crippen MR) is 104 cm³/mol. The van der Waals surface area contributed by atoms with Crippen molar-refractivity contribution in [2.45, 2.75) is 13.0 Å². The number of nitro benzene ring substituents is 1. The monoisotopic (exact) mass is 403 g/mol. The number of quaternary nitrogens is 1. The Balaban J connectivity index is 1.57. The fourth-order valence-corrected chi connectivity index (χ4v) is 2.67. The van der Waals surface area contributed by atoms with Crippen molar-refractivity contribution in [1.82, 2.24) is 10.2 Å². The number of hydrogen-bond donors (Lipinski definition) is 1. The highest BCUT2D eigenvalue weighted by Gasteiger charge is 2.22. The number of ether oxygens (including phenoxy) is 1. The van der Waals surface area contributed by atoms with Crippen molar-refractivity contribution >= 4 is 17.3 Å². The van der Waals surface area contributed by atoms with Crippen LogP contribution in [0.4, 0.5) is 5.69 Å². The lowest BCUT2D eigenvalue weighted by molar-refractivity contribution is -0.911. The van der Waals surface area contributed by atoms with Crippen LogP contribution in [0.3, 0.4) is 0 Å². The molecule has 28 heavy (non-hydrogen) atoms. The summed E-state index contributed by atoms with van der Waals surface area (Å²) in [7, 11) is 2.02. The molecule has 1 heterocycles. The highest BCUT2D eigenvalue weighted by Crippen LogP contribution is 2.22. The van der Waals surface area contributed by atoms with Gasteiger partial charge < -0.3 is 14.1 Å². The van der Waals surface area contributed by atoms with Crippen molar-refractivity contribution in [3.8, 4) is 17.2 Å². The molecule has 146 valence electrons. The van der Waals surface area contributed by atoms with Crippen LogP contribution in [0.2, 0.25) is 5.02 Å². The minimum absolute atomic E-state index is 0.0155. The number of rotatable bonds is 8. The Hall–Kier alpha value is -2.97. The fraction of sp³-hybridized carbons (Fsp3) is 0.263. The summed E-state index contributed by atoms with van der Waals surface area (Å²) in [6.45, 7) is 3.25. The average Bonchev–Trinajstić information content (AvgIpc) is 3.19. The van der Waals surface area contributed by atoms with E-state index in [1.165, 1.54) is 12.1 Å². The third kappa shape index (κ3) is 4.85. The molecule has 3 rings (SSSR count). The molecule has 0 bridgehead atoms. The third-order valence-corrected chi connectivity index (χ3v) is 4.71. The number of likely N-dealkylation sites (N-methyl/N-ethyl adjacent to an activating group) is 1. The van der Waals surface area contributed by atoms with E-state index >= 15 is 0 Å². The normalized spacial score (nSPS) is 13.1. The number of hydrogen-bond acceptors (Lipinski definition) is 6. The molecule has 9 heteroatoms. The van der Waals surface area contributed by atoms with E-state index < -0.39 is 4.92 Å². The van der Waals surface area contributed by atoms with Gasteiger partial charge in [-0.1, -0.05) is 11.6 Å². The van der Waals surface area contributed by atoms with Crippen LogP contribution in [0.25, 0.3) is 11.5 Å². The number of aromatic nitrogens is 2. The number of non-ortho nitro benzene ring substituents is 1. The molecule has 0 aliphatic rings. The number of benzene rings is 2. The lowest BCUT2D eigenvalue weighted by Gasteiger charge is -2.18. The van der Waals surface area contributed by atoms with Crippen LogP contribution in [0, 0.1) is 10.1 Å². The zero-order valence-corrected chi connectivity index (χ0v) is 16.2. The molecule has 0 saturated carbocycles. The molecule has 1 unspecified atom stereocenters. The first-order chi connectivity index (χ1) is 13.4. The second-order valence-corrected chi connectivity index (χ2v) is 6.81. The molecule has 3 aromatic rings. The van der Waals surface area contributed by atoms with Crippen LogP contribution >= 0.6 is 11.6 Å². The largest absolute Gasteiger partial charge is 0.488 e. The molecule has 2 aromatic carbocycles. The van der Waals surface area contributed by atoms with Gasteiger partial charge in [0.05, 0.1) is 12.0 Å². The van der Waals surface area contributed by atoms with Crippen molar-refractivity contribution in [2.75, 3.05) is 20.2 Å². The summed E-state index contributed by atoms with van der Waals surface area (Å²) in [5.74, 6) is 1.60. The Morgan fingerprint density at radius 2 is 1.86 bits per heavy atom. The molecule has 1 N–H and O–H groups in total. The number of nitrogens with one attached hydrogen (secondary N) is 1. The predicted octanol–water partition coefficient (Wildman–Crippen LogP) is 2.95. The standard InChI is InChI=1S/C19H19ClN4O4/c1-13(23(2)11-12-27-17-9-5-15(20)6-10-17)18-21-22-19(28-18)14-3-7-16(8-4-14)24(25)26/h3-10,13H,11-12H2,1-2H3/p+1/t13-/m1/s1. The first kappa shape index (κ1) is 19.8. The second-order valence-electron chi connectivity index (χ2n) is 6.37. The molecule has 0 fully saturated rings. The molecule has 2 atom stereocenters. The molecule has 8 nitrogen and oxygen atoms in total. The maximum atomic E-state index is 10.7. The molecular weight excluding hydrogens is 384 g/mol. The lowest BCUT2D eigenvalue weighted by atomic mass is 10.2. The zero-order chi connectivity index (χ0) is 20.1. The van der Waals surface area contributed by atoms with Crippen LogP contribution in [0.15, 0.2) is 52.9 Å². The van der Waals surface area contributed by atoms with Gasteiger partial charge >= 0.3 is 0 Å². The van der Waals surface area contributed by atoms with E-state index in [2.05, 4.69) is 10.2 Å². The second kappa shape index (κ2) is 8.81. The summed E-state index contributed by atoms with van der Waals surface area (Å²) < 4.78 is 11.5. The highest BCUT2D eigenvalue weighted by atomic mass is 35.5. The summed E-state index contributed by atoms with van der Waals surface area (Å²) in [5.41, 5.74) is 0.655. The molecule has 1 aromatic heterocycles. The summed E-state index contributed by atoms with van der Waals surface area (Å²) in [6.07, 6.45) is 0. The maximum Gasteiger partial charge on any atom is 0.274 e. The Morgan fingerprint density at radius 3 is 2.50 bits per heavy atom. The molecule has 0 aliphatic heterocycles. The van der Waals surface area contributed by atoms with E-state index in [-0.39, 0.29) is 11.7 Å². The van der Waals surface area contributed by atoms with Gasteiger partial charge in [-0.05, 0) is 43.3 Å². The van der Waals surface area contributed by atoms with Gasteiger partial charge in [0, 0.05) is 22.7 Å². The molecule has 0 amide bonds. The molecule has 0 aliphatic carbocycles. The minimum Gasteiger partial charge on any atom is -0.488 e. The summed E-state index contributed by atoms with van der Waals surface area (Å²) in [4.78, 5) is 11.4. The number of nitrogens with zero attached hydrogens (tertiary/aromatic N) is 3. The smallest absolute Gasteiger partial charge is 0.274 e. The highest BCUT2D eigenvalue weighted by molar-refractivity contribution is 6.30. The molecular formula is C19H20ClN4O4+. The molecule has 0 saturated heterocycles. The van der Waals surface area contributed by atoms with Gasteiger partial charge in [-0.3, -0.25) is 10.1 Å². The lowest BCUT2D eigenvalue weighted by Crippen LogP contribution is -3.09. The Bertz CT molecular complexity index is 928. The van der Waals surface area contributed by atoms with Crippen LogP contribution in [-0.2, 0) is 0 Å². The first-order valence-corrected chi connectivity index (χ1v) is 9.10. The summed E-state index contributed by atoms with van der Waals surface area (Å²) >= 11 is 5.86. The quantitative estimate of drug-likeness (QED) is 0.459. The van der Waals surface area contributed by atoms with E-state index in [9.17, 15) is 10.1 Å². The number of halogens is 1. The third-order valence-electron chi connectivity index (χ3n) is 4.45. The van der Waals surface area contributed by atoms with Crippen molar-refractivity contribution in [2.24, 2.45) is 0 Å². The molecule has 0 radical (unpaired) electrons. The van der Waals surface area contributed by atoms with Crippen LogP contribution in [-0.4, -0.2) is 35.3 Å². The van der Waals surface area contributed by atoms with Gasteiger partial charge in [0.25, 0.3) is 11.6 Å². The van der Waals surface area contributed by atoms with E-state index in [1.807, 2.05) is 26.1 Å². The van der Waals surface area contributed by atoms with Crippen LogP contribution < -0.4 is 9.64 Å². The van der Waals surface area contributed by atoms with E-state index in [1.54, 1.807) is 24.3 Å². The van der Waals surface area contributed by atoms with Gasteiger partial charge in [-0.15, -0.1) is 10.2 Å². The van der Waals surface area contributed by atoms with Crippen LogP contribution in [0.5, 0.6) is 5.75 Å². The average molecular weight is 404 g/mol. The zero-order valence-electron chi connectivity index (χ0n) is 15.5. The van der Waals surface area contributed by atoms with E-state index in [0.29, 0.717) is 29.0 Å². The van der Waals surface area contributed by atoms with E-state index in [0.717, 1.165) is 17.2 Å². The van der Waals surface area contributed by atoms with Crippen molar-refractivity contribution in [1.29, 1.82) is 0 Å². The number of nitro groups is 1. The van der Waals surface area contributed by atoms with Crippen molar-refractivity contribution in [3.05, 3.63) is 69.6 Å². The Kier molecular flexibility index (Phi) is 6.23. The van der Waals surface area contributed by atoms with Crippen molar-refractivity contribution in [3.63, 3.8) is 0 Å². The summed E-state index contributed by atoms with van der Waals surface area (Å²) in [6, 6.07) is 13.2. The van der Waals surface area contributed by atoms with Gasteiger partial charge in [0.15, 0.2) is 6.04 Å². The van der Waals surface area contributed by atoms with Crippen LogP contribution in [0.1, 0.15) is 18.9 Å². The topological polar surface area (TPSA) is 95.7 Å². The van der Waals surface area contributed by atoms with Gasteiger partial charge in [-0.25, -0.2) is 0 Å². The Morgan fingerprint density at radius 1 is 1.18 bits per heavy atom. The van der Waals surface area contributed by atoms with Gasteiger partial charge in [0.2, 0.25) is 5.89 Å². The van der Waals surface area contributed by atoms with Crippen molar-refractivity contribution < 1.29 is 19.0 Å². The summed E-state index contributed by atoms with van der Waals surface area (Å²) in [5, 5.41) is 19.6. The SMILES string of the molecule is C[C@H](c1nnc(-c2ccc([N+](=O)[O-])cc2)o1)[NH+](C)CCOc1ccc(Cl)cc1. The minimum atomic E-state index is -0.449. The first-order valence-electron chi connectivity index (χ1n) is 8.73. The maximum absolute atomic E-state index is 10.7. The van der Waals surface area contributed by atoms with Gasteiger partial charge in [0.1, 0.15) is 18.9 Å². The van der Waals surface area contributed by atoms with Gasteiger partial charge in [-0.2, -0.15) is 0 Å². The fourth-order valence-electron chi connectivity index (χ4n) is 2.54. The van der Waals surface area contributed by atoms with E-state index in [4.69, 9.17) is 20.8 Å².